The van der Waals surface area contributed by atoms with Crippen molar-refractivity contribution in [2.45, 2.75) is 52.5 Å². The van der Waals surface area contributed by atoms with E-state index in [0.717, 1.165) is 49.2 Å². The maximum Gasteiger partial charge on any atom is 0.310 e. The number of esters is 1. The van der Waals surface area contributed by atoms with E-state index in [1.165, 1.54) is 0 Å². The fourth-order valence-electron chi connectivity index (χ4n) is 3.80. The maximum absolute atomic E-state index is 13.0. The van der Waals surface area contributed by atoms with Crippen molar-refractivity contribution >= 4 is 17.6 Å². The topological polar surface area (TPSA) is 55.4 Å². The highest BCUT2D eigenvalue weighted by Gasteiger charge is 2.39. The number of piperidine rings is 1. The van der Waals surface area contributed by atoms with Gasteiger partial charge in [0.2, 0.25) is 0 Å². The Bertz CT molecular complexity index is 675. The number of likely N-dealkylation sites (N-methyl/N-ethyl adjacent to an activating group) is 1. The molecule has 0 spiro atoms. The monoisotopic (exact) mass is 359 g/mol. The van der Waals surface area contributed by atoms with Crippen LogP contribution in [0.4, 0.5) is 5.69 Å². The Morgan fingerprint density at radius 2 is 1.96 bits per heavy atom. The summed E-state index contributed by atoms with van der Waals surface area (Å²) in [5.74, 6) is 0.314. The van der Waals surface area contributed by atoms with E-state index in [-0.39, 0.29) is 17.9 Å². The van der Waals surface area contributed by atoms with Crippen molar-refractivity contribution in [2.24, 2.45) is 0 Å². The third-order valence-corrected chi connectivity index (χ3v) is 5.27. The summed E-state index contributed by atoms with van der Waals surface area (Å²) < 4.78 is 6.01. The van der Waals surface area contributed by atoms with Gasteiger partial charge in [-0.15, -0.1) is 0 Å². The number of carbonyl (C=O) groups excluding carboxylic acids is 2. The fourth-order valence-corrected chi connectivity index (χ4v) is 3.80. The van der Waals surface area contributed by atoms with Gasteiger partial charge in [-0.2, -0.15) is 0 Å². The lowest BCUT2D eigenvalue weighted by Crippen LogP contribution is -2.59. The summed E-state index contributed by atoms with van der Waals surface area (Å²) in [5, 5.41) is 3.13. The first-order valence-electron chi connectivity index (χ1n) is 9.38. The van der Waals surface area contributed by atoms with Crippen molar-refractivity contribution in [3.8, 4) is 5.75 Å². The van der Waals surface area contributed by atoms with E-state index in [1.54, 1.807) is 19.1 Å². The predicted octanol–water partition coefficient (Wildman–Crippen LogP) is 3.74. The van der Waals surface area contributed by atoms with Crippen LogP contribution in [0.2, 0.25) is 0 Å². The van der Waals surface area contributed by atoms with E-state index in [2.05, 4.69) is 18.9 Å². The van der Waals surface area contributed by atoms with Crippen molar-refractivity contribution in [1.29, 1.82) is 0 Å². The van der Waals surface area contributed by atoms with Gasteiger partial charge in [-0.05, 0) is 56.0 Å². The summed E-state index contributed by atoms with van der Waals surface area (Å²) in [6, 6.07) is 3.53. The Balaban J connectivity index is 2.20. The molecule has 0 saturated carbocycles. The molecule has 0 aliphatic carbocycles. The van der Waals surface area contributed by atoms with Crippen molar-refractivity contribution < 1.29 is 18.8 Å². The zero-order valence-corrected chi connectivity index (χ0v) is 16.4. The minimum absolute atomic E-state index is 0.0542. The van der Waals surface area contributed by atoms with E-state index in [1.807, 2.05) is 19.9 Å². The van der Waals surface area contributed by atoms with Gasteiger partial charge in [0.05, 0.1) is 20.1 Å². The molecule has 1 aliphatic heterocycles. The molecule has 1 aliphatic rings. The number of carbonyl (C=O) groups is 2. The molecular weight excluding hydrogens is 328 g/mol. The number of rotatable bonds is 6. The Hall–Kier alpha value is -2.14. The standard InChI is InChI=1S/C21H30N2O3/c1-6-11-23(5)12-9-8-10-18(23)21(25)22-20-15(3)13-17(14-16(20)4)26-19(24)7-2/h6,13-14,18H,1,7-12H2,2-5H3/p+1. The smallest absolute Gasteiger partial charge is 0.310 e. The average molecular weight is 359 g/mol. The number of likely N-dealkylation sites (tertiary alicyclic amines) is 1. The summed E-state index contributed by atoms with van der Waals surface area (Å²) in [7, 11) is 2.14. The van der Waals surface area contributed by atoms with Gasteiger partial charge in [0.1, 0.15) is 5.75 Å². The van der Waals surface area contributed by atoms with Gasteiger partial charge in [-0.1, -0.05) is 13.5 Å². The van der Waals surface area contributed by atoms with Crippen LogP contribution in [0.5, 0.6) is 5.75 Å². The molecule has 5 nitrogen and oxygen atoms in total. The SMILES string of the molecule is C=CC[N+]1(C)CCCCC1C(=O)Nc1c(C)cc(OC(=O)CC)cc1C. The molecule has 1 aromatic carbocycles. The highest BCUT2D eigenvalue weighted by Crippen LogP contribution is 2.29. The molecule has 1 amide bonds. The second-order valence-electron chi connectivity index (χ2n) is 7.43. The highest BCUT2D eigenvalue weighted by atomic mass is 16.5. The van der Waals surface area contributed by atoms with Gasteiger partial charge >= 0.3 is 5.97 Å². The number of ether oxygens (including phenoxy) is 1. The summed E-state index contributed by atoms with van der Waals surface area (Å²) in [6.45, 7) is 11.3. The molecule has 2 unspecified atom stereocenters. The Morgan fingerprint density at radius 3 is 2.54 bits per heavy atom. The molecule has 2 atom stereocenters. The van der Waals surface area contributed by atoms with Crippen LogP contribution in [0.15, 0.2) is 24.8 Å². The molecule has 2 rings (SSSR count). The van der Waals surface area contributed by atoms with Crippen LogP contribution in [-0.2, 0) is 9.59 Å². The Labute approximate surface area is 156 Å². The summed E-state index contributed by atoms with van der Waals surface area (Å²) in [5.41, 5.74) is 2.60. The number of benzene rings is 1. The van der Waals surface area contributed by atoms with E-state index in [0.29, 0.717) is 16.7 Å². The summed E-state index contributed by atoms with van der Waals surface area (Å²) >= 11 is 0. The summed E-state index contributed by atoms with van der Waals surface area (Å²) in [4.78, 5) is 24.5. The van der Waals surface area contributed by atoms with Crippen LogP contribution < -0.4 is 10.1 Å². The quantitative estimate of drug-likeness (QED) is 0.364. The van der Waals surface area contributed by atoms with Gasteiger partial charge in [0.25, 0.3) is 5.91 Å². The molecule has 0 radical (unpaired) electrons. The zero-order chi connectivity index (χ0) is 19.3. The number of nitrogens with zero attached hydrogens (tertiary/aromatic N) is 1. The third-order valence-electron chi connectivity index (χ3n) is 5.27. The Morgan fingerprint density at radius 1 is 1.31 bits per heavy atom. The first kappa shape index (κ1) is 20.2. The molecule has 1 fully saturated rings. The van der Waals surface area contributed by atoms with Crippen molar-refractivity contribution in [3.63, 3.8) is 0 Å². The van der Waals surface area contributed by atoms with E-state index in [9.17, 15) is 9.59 Å². The van der Waals surface area contributed by atoms with Gasteiger partial charge in [-0.3, -0.25) is 9.59 Å². The number of aryl methyl sites for hydroxylation is 2. The lowest BCUT2D eigenvalue weighted by atomic mass is 9.97. The number of amides is 1. The third kappa shape index (κ3) is 4.52. The van der Waals surface area contributed by atoms with Crippen LogP contribution in [0.3, 0.4) is 0 Å². The first-order chi connectivity index (χ1) is 12.3. The largest absolute Gasteiger partial charge is 0.427 e. The minimum Gasteiger partial charge on any atom is -0.427 e. The van der Waals surface area contributed by atoms with Gasteiger partial charge in [0.15, 0.2) is 6.04 Å². The highest BCUT2D eigenvalue weighted by molar-refractivity contribution is 5.95. The molecule has 0 aromatic heterocycles. The molecule has 142 valence electrons. The second-order valence-corrected chi connectivity index (χ2v) is 7.43. The molecule has 26 heavy (non-hydrogen) atoms. The van der Waals surface area contributed by atoms with Gasteiger partial charge in [0, 0.05) is 18.5 Å². The summed E-state index contributed by atoms with van der Waals surface area (Å²) in [6.07, 6.45) is 5.34. The molecule has 1 aromatic rings. The minimum atomic E-state index is -0.264. The predicted molar refractivity (Wildman–Crippen MR) is 104 cm³/mol. The number of hydrogen-bond donors (Lipinski definition) is 1. The van der Waals surface area contributed by atoms with Crippen molar-refractivity contribution in [1.82, 2.24) is 0 Å². The number of hydrogen-bond acceptors (Lipinski definition) is 3. The molecule has 1 heterocycles. The van der Waals surface area contributed by atoms with Crippen LogP contribution in [0.1, 0.15) is 43.7 Å². The lowest BCUT2D eigenvalue weighted by molar-refractivity contribution is -0.923. The molecule has 5 heteroatoms. The molecular formula is C21H31N2O3+. The number of nitrogens with one attached hydrogen (secondary N) is 1. The Kier molecular flexibility index (Phi) is 6.59. The molecule has 1 N–H and O–H groups in total. The lowest BCUT2D eigenvalue weighted by Gasteiger charge is -2.43. The average Bonchev–Trinajstić information content (AvgIpc) is 2.58. The van der Waals surface area contributed by atoms with E-state index < -0.39 is 0 Å². The second kappa shape index (κ2) is 8.49. The van der Waals surface area contributed by atoms with E-state index >= 15 is 0 Å². The molecule has 0 bridgehead atoms. The number of anilines is 1. The van der Waals surface area contributed by atoms with Crippen LogP contribution >= 0.6 is 0 Å². The van der Waals surface area contributed by atoms with Gasteiger partial charge in [-0.25, -0.2) is 0 Å². The fraction of sp³-hybridized carbons (Fsp3) is 0.524. The molecule has 1 saturated heterocycles. The normalized spacial score (nSPS) is 22.5. The van der Waals surface area contributed by atoms with Crippen molar-refractivity contribution in [3.05, 3.63) is 35.9 Å². The zero-order valence-electron chi connectivity index (χ0n) is 16.4. The van der Waals surface area contributed by atoms with Crippen LogP contribution in [0, 0.1) is 13.8 Å². The van der Waals surface area contributed by atoms with Crippen molar-refractivity contribution in [2.75, 3.05) is 25.5 Å². The van der Waals surface area contributed by atoms with Gasteiger partial charge < -0.3 is 14.5 Å². The van der Waals surface area contributed by atoms with Crippen LogP contribution in [-0.4, -0.2) is 42.5 Å². The van der Waals surface area contributed by atoms with Crippen LogP contribution in [0.25, 0.3) is 0 Å². The number of quaternary nitrogens is 1. The maximum atomic E-state index is 13.0. The first-order valence-corrected chi connectivity index (χ1v) is 9.38. The van der Waals surface area contributed by atoms with E-state index in [4.69, 9.17) is 4.74 Å².